The first-order valence-corrected chi connectivity index (χ1v) is 6.55. The third-order valence-electron chi connectivity index (χ3n) is 2.21. The lowest BCUT2D eigenvalue weighted by Crippen LogP contribution is -2.30. The van der Waals surface area contributed by atoms with E-state index in [-0.39, 0.29) is 0 Å². The van der Waals surface area contributed by atoms with Gasteiger partial charge in [-0.1, -0.05) is 17.7 Å². The normalized spacial score (nSPS) is 12.8. The fourth-order valence-corrected chi connectivity index (χ4v) is 1.84. The van der Waals surface area contributed by atoms with Crippen molar-refractivity contribution in [1.82, 2.24) is 5.32 Å². The summed E-state index contributed by atoms with van der Waals surface area (Å²) in [6, 6.07) is 6.31. The predicted octanol–water partition coefficient (Wildman–Crippen LogP) is 3.62. The van der Waals surface area contributed by atoms with Gasteiger partial charge in [0.25, 0.3) is 0 Å². The molecule has 0 spiro atoms. The largest absolute Gasteiger partial charge is 0.380 e. The Morgan fingerprint density at radius 3 is 2.88 bits per heavy atom. The van der Waals surface area contributed by atoms with Gasteiger partial charge in [0, 0.05) is 23.7 Å². The van der Waals surface area contributed by atoms with Crippen LogP contribution in [0.4, 0.5) is 0 Å². The molecule has 1 atom stereocenters. The number of ether oxygens (including phenoxy) is 1. The molecule has 0 bridgehead atoms. The molecule has 90 valence electrons. The summed E-state index contributed by atoms with van der Waals surface area (Å²) in [6.07, 6.45) is 0. The summed E-state index contributed by atoms with van der Waals surface area (Å²) in [5.41, 5.74) is 1.21. The standard InChI is InChI=1S/C12H17BrClNO/c1-3-16-8-9(2)15-7-10-4-5-12(14)11(13)6-10/h4-6,9,15H,3,7-8H2,1-2H3. The average molecular weight is 307 g/mol. The van der Waals surface area contributed by atoms with E-state index < -0.39 is 0 Å². The summed E-state index contributed by atoms with van der Waals surface area (Å²) in [4.78, 5) is 0. The summed E-state index contributed by atoms with van der Waals surface area (Å²) >= 11 is 9.34. The highest BCUT2D eigenvalue weighted by Crippen LogP contribution is 2.23. The summed E-state index contributed by atoms with van der Waals surface area (Å²) in [5, 5.41) is 4.13. The lowest BCUT2D eigenvalue weighted by atomic mass is 10.2. The Morgan fingerprint density at radius 2 is 2.25 bits per heavy atom. The minimum absolute atomic E-state index is 0.356. The fourth-order valence-electron chi connectivity index (χ4n) is 1.30. The SMILES string of the molecule is CCOCC(C)NCc1ccc(Cl)c(Br)c1. The van der Waals surface area contributed by atoms with Crippen molar-refractivity contribution in [2.24, 2.45) is 0 Å². The van der Waals surface area contributed by atoms with Gasteiger partial charge in [-0.3, -0.25) is 0 Å². The van der Waals surface area contributed by atoms with Gasteiger partial charge in [0.2, 0.25) is 0 Å². The molecule has 0 saturated heterocycles. The first-order chi connectivity index (χ1) is 7.63. The first kappa shape index (κ1) is 14.0. The zero-order valence-electron chi connectivity index (χ0n) is 9.59. The van der Waals surface area contributed by atoms with E-state index in [1.165, 1.54) is 5.56 Å². The van der Waals surface area contributed by atoms with Crippen molar-refractivity contribution in [3.05, 3.63) is 33.3 Å². The van der Waals surface area contributed by atoms with Gasteiger partial charge in [-0.15, -0.1) is 0 Å². The van der Waals surface area contributed by atoms with Gasteiger partial charge in [-0.25, -0.2) is 0 Å². The molecule has 16 heavy (non-hydrogen) atoms. The lowest BCUT2D eigenvalue weighted by Gasteiger charge is -2.13. The van der Waals surface area contributed by atoms with Crippen molar-refractivity contribution in [1.29, 1.82) is 0 Å². The monoisotopic (exact) mass is 305 g/mol. The molecule has 0 heterocycles. The molecule has 1 unspecified atom stereocenters. The highest BCUT2D eigenvalue weighted by molar-refractivity contribution is 9.10. The summed E-state index contributed by atoms with van der Waals surface area (Å²) < 4.78 is 6.27. The molecular weight excluding hydrogens is 289 g/mol. The fraction of sp³-hybridized carbons (Fsp3) is 0.500. The zero-order valence-corrected chi connectivity index (χ0v) is 11.9. The molecule has 0 aliphatic carbocycles. The highest BCUT2D eigenvalue weighted by atomic mass is 79.9. The van der Waals surface area contributed by atoms with Crippen LogP contribution in [-0.4, -0.2) is 19.3 Å². The van der Waals surface area contributed by atoms with Crippen LogP contribution in [-0.2, 0) is 11.3 Å². The van der Waals surface area contributed by atoms with Crippen LogP contribution in [0.3, 0.4) is 0 Å². The molecule has 0 aromatic heterocycles. The van der Waals surface area contributed by atoms with Crippen molar-refractivity contribution >= 4 is 27.5 Å². The molecule has 1 aromatic carbocycles. The van der Waals surface area contributed by atoms with E-state index in [1.807, 2.05) is 25.1 Å². The Bertz CT molecular complexity index is 333. The van der Waals surface area contributed by atoms with E-state index in [2.05, 4.69) is 28.2 Å². The van der Waals surface area contributed by atoms with Crippen LogP contribution in [0.15, 0.2) is 22.7 Å². The first-order valence-electron chi connectivity index (χ1n) is 5.38. The van der Waals surface area contributed by atoms with E-state index in [9.17, 15) is 0 Å². The van der Waals surface area contributed by atoms with Gasteiger partial charge >= 0.3 is 0 Å². The van der Waals surface area contributed by atoms with Crippen LogP contribution >= 0.6 is 27.5 Å². The van der Waals surface area contributed by atoms with Crippen molar-refractivity contribution < 1.29 is 4.74 Å². The molecule has 1 aromatic rings. The topological polar surface area (TPSA) is 21.3 Å². The number of rotatable bonds is 6. The van der Waals surface area contributed by atoms with Crippen molar-refractivity contribution in [3.63, 3.8) is 0 Å². The summed E-state index contributed by atoms with van der Waals surface area (Å²) in [5.74, 6) is 0. The zero-order chi connectivity index (χ0) is 12.0. The van der Waals surface area contributed by atoms with Crippen LogP contribution in [0.1, 0.15) is 19.4 Å². The number of benzene rings is 1. The van der Waals surface area contributed by atoms with Gasteiger partial charge in [0.1, 0.15) is 0 Å². The Balaban J connectivity index is 2.39. The van der Waals surface area contributed by atoms with E-state index in [0.717, 1.165) is 29.3 Å². The second kappa shape index (κ2) is 7.28. The second-order valence-electron chi connectivity index (χ2n) is 3.69. The Kier molecular flexibility index (Phi) is 6.36. The maximum Gasteiger partial charge on any atom is 0.0616 e. The quantitative estimate of drug-likeness (QED) is 0.867. The highest BCUT2D eigenvalue weighted by Gasteiger charge is 2.02. The van der Waals surface area contributed by atoms with E-state index in [4.69, 9.17) is 16.3 Å². The van der Waals surface area contributed by atoms with Crippen molar-refractivity contribution in [2.45, 2.75) is 26.4 Å². The van der Waals surface area contributed by atoms with Crippen LogP contribution in [0, 0.1) is 0 Å². The molecule has 0 fully saturated rings. The smallest absolute Gasteiger partial charge is 0.0616 e. The second-order valence-corrected chi connectivity index (χ2v) is 4.95. The summed E-state index contributed by atoms with van der Waals surface area (Å²) in [6.45, 7) is 6.44. The van der Waals surface area contributed by atoms with Crippen LogP contribution < -0.4 is 5.32 Å². The van der Waals surface area contributed by atoms with Gasteiger partial charge < -0.3 is 10.1 Å². The van der Waals surface area contributed by atoms with Crippen LogP contribution in [0.2, 0.25) is 5.02 Å². The van der Waals surface area contributed by atoms with E-state index >= 15 is 0 Å². The van der Waals surface area contributed by atoms with Crippen molar-refractivity contribution in [2.75, 3.05) is 13.2 Å². The molecular formula is C12H17BrClNO. The molecule has 2 nitrogen and oxygen atoms in total. The number of halogens is 2. The Labute approximate surface area is 110 Å². The minimum atomic E-state index is 0.356. The molecule has 1 rings (SSSR count). The molecule has 0 amide bonds. The van der Waals surface area contributed by atoms with Crippen LogP contribution in [0.25, 0.3) is 0 Å². The molecule has 0 saturated carbocycles. The predicted molar refractivity (Wildman–Crippen MR) is 71.9 cm³/mol. The number of hydrogen-bond donors (Lipinski definition) is 1. The van der Waals surface area contributed by atoms with Crippen LogP contribution in [0.5, 0.6) is 0 Å². The van der Waals surface area contributed by atoms with E-state index in [1.54, 1.807) is 0 Å². The van der Waals surface area contributed by atoms with Crippen molar-refractivity contribution in [3.8, 4) is 0 Å². The maximum atomic E-state index is 5.92. The summed E-state index contributed by atoms with van der Waals surface area (Å²) in [7, 11) is 0. The molecule has 0 aliphatic heterocycles. The van der Waals surface area contributed by atoms with Gasteiger partial charge in [-0.05, 0) is 47.5 Å². The molecule has 1 N–H and O–H groups in total. The van der Waals surface area contributed by atoms with Gasteiger partial charge in [-0.2, -0.15) is 0 Å². The van der Waals surface area contributed by atoms with E-state index in [0.29, 0.717) is 6.04 Å². The van der Waals surface area contributed by atoms with Gasteiger partial charge in [0.05, 0.1) is 11.6 Å². The molecule has 4 heteroatoms. The maximum absolute atomic E-state index is 5.92. The lowest BCUT2D eigenvalue weighted by molar-refractivity contribution is 0.127. The third-order valence-corrected chi connectivity index (χ3v) is 3.42. The minimum Gasteiger partial charge on any atom is -0.380 e. The third kappa shape index (κ3) is 4.83. The average Bonchev–Trinajstić information content (AvgIpc) is 2.28. The Hall–Kier alpha value is -0.0900. The van der Waals surface area contributed by atoms with Gasteiger partial charge in [0.15, 0.2) is 0 Å². The molecule has 0 radical (unpaired) electrons. The number of hydrogen-bond acceptors (Lipinski definition) is 2. The Morgan fingerprint density at radius 1 is 1.50 bits per heavy atom. The number of nitrogens with one attached hydrogen (secondary N) is 1. The molecule has 0 aliphatic rings.